The molecule has 0 spiro atoms. The highest BCUT2D eigenvalue weighted by Gasteiger charge is 2.08. The Hall–Kier alpha value is -2.30. The van der Waals surface area contributed by atoms with E-state index in [1.165, 1.54) is 6.07 Å². The van der Waals surface area contributed by atoms with Crippen LogP contribution >= 0.6 is 0 Å². The summed E-state index contributed by atoms with van der Waals surface area (Å²) in [4.78, 5) is 22.7. The van der Waals surface area contributed by atoms with Gasteiger partial charge in [0.15, 0.2) is 0 Å². The molecule has 0 N–H and O–H groups in total. The van der Waals surface area contributed by atoms with E-state index in [9.17, 15) is 9.59 Å². The van der Waals surface area contributed by atoms with Crippen molar-refractivity contribution in [2.24, 2.45) is 5.92 Å². The van der Waals surface area contributed by atoms with Gasteiger partial charge in [0.2, 0.25) is 0 Å². The second-order valence-electron chi connectivity index (χ2n) is 4.95. The van der Waals surface area contributed by atoms with Crippen LogP contribution < -0.4 is 10.4 Å². The second kappa shape index (κ2) is 6.92. The second-order valence-corrected chi connectivity index (χ2v) is 4.95. The lowest BCUT2D eigenvalue weighted by molar-refractivity contribution is -0.147. The molecule has 1 aromatic carbocycles. The molecule has 0 fully saturated rings. The molecule has 112 valence electrons. The summed E-state index contributed by atoms with van der Waals surface area (Å²) in [5.74, 6) is 0.131. The molecule has 0 aliphatic heterocycles. The lowest BCUT2D eigenvalue weighted by atomic mass is 10.2. The van der Waals surface area contributed by atoms with Crippen molar-refractivity contribution in [1.82, 2.24) is 0 Å². The first-order chi connectivity index (χ1) is 10.1. The number of rotatable bonds is 6. The molecular formula is C16H18O5. The summed E-state index contributed by atoms with van der Waals surface area (Å²) in [5, 5.41) is 0.747. The van der Waals surface area contributed by atoms with E-state index in [1.54, 1.807) is 26.0 Å². The van der Waals surface area contributed by atoms with Gasteiger partial charge in [-0.2, -0.15) is 0 Å². The lowest BCUT2D eigenvalue weighted by Gasteiger charge is -2.09. The molecule has 21 heavy (non-hydrogen) atoms. The number of para-hydroxylation sites is 1. The van der Waals surface area contributed by atoms with E-state index >= 15 is 0 Å². The van der Waals surface area contributed by atoms with Crippen LogP contribution in [0, 0.1) is 5.92 Å². The normalized spacial score (nSPS) is 10.8. The topological polar surface area (TPSA) is 65.7 Å². The number of esters is 1. The maximum absolute atomic E-state index is 11.4. The van der Waals surface area contributed by atoms with Crippen LogP contribution in [0.15, 0.2) is 39.5 Å². The van der Waals surface area contributed by atoms with Crippen molar-refractivity contribution in [3.63, 3.8) is 0 Å². The molecule has 1 heterocycles. The fourth-order valence-electron chi connectivity index (χ4n) is 1.78. The Bertz CT molecular complexity index is 672. The smallest absolute Gasteiger partial charge is 0.339 e. The highest BCUT2D eigenvalue weighted by Crippen LogP contribution is 2.23. The van der Waals surface area contributed by atoms with E-state index in [0.29, 0.717) is 31.0 Å². The van der Waals surface area contributed by atoms with E-state index in [-0.39, 0.29) is 11.9 Å². The van der Waals surface area contributed by atoms with Crippen molar-refractivity contribution in [2.45, 2.75) is 20.3 Å². The third kappa shape index (κ3) is 4.08. The van der Waals surface area contributed by atoms with Crippen molar-refractivity contribution >= 4 is 16.9 Å². The third-order valence-electron chi connectivity index (χ3n) is 2.87. The van der Waals surface area contributed by atoms with Crippen LogP contribution in [0.3, 0.4) is 0 Å². The number of fused-ring (bicyclic) bond motifs is 1. The molecule has 5 heteroatoms. The van der Waals surface area contributed by atoms with Crippen LogP contribution in [0.4, 0.5) is 0 Å². The van der Waals surface area contributed by atoms with Crippen molar-refractivity contribution in [2.75, 3.05) is 13.2 Å². The maximum Gasteiger partial charge on any atom is 0.339 e. The first-order valence-corrected chi connectivity index (χ1v) is 6.90. The van der Waals surface area contributed by atoms with Gasteiger partial charge >= 0.3 is 11.6 Å². The van der Waals surface area contributed by atoms with E-state index in [2.05, 4.69) is 0 Å². The zero-order chi connectivity index (χ0) is 15.2. The van der Waals surface area contributed by atoms with Crippen molar-refractivity contribution in [3.8, 4) is 5.75 Å². The van der Waals surface area contributed by atoms with E-state index in [0.717, 1.165) is 5.39 Å². The van der Waals surface area contributed by atoms with Gasteiger partial charge in [-0.25, -0.2) is 4.79 Å². The van der Waals surface area contributed by atoms with Crippen LogP contribution in [0.25, 0.3) is 11.0 Å². The van der Waals surface area contributed by atoms with E-state index in [4.69, 9.17) is 13.9 Å². The predicted octanol–water partition coefficient (Wildman–Crippen LogP) is 2.76. The molecule has 0 saturated carbocycles. The Morgan fingerprint density at radius 2 is 2.00 bits per heavy atom. The molecular weight excluding hydrogens is 272 g/mol. The molecule has 2 rings (SSSR count). The summed E-state index contributed by atoms with van der Waals surface area (Å²) < 4.78 is 15.7. The number of ether oxygens (including phenoxy) is 2. The van der Waals surface area contributed by atoms with Gasteiger partial charge in [-0.15, -0.1) is 0 Å². The van der Waals surface area contributed by atoms with Gasteiger partial charge in [-0.1, -0.05) is 26.0 Å². The molecule has 0 radical (unpaired) electrons. The molecule has 2 aromatic rings. The Kier molecular flexibility index (Phi) is 4.98. The summed E-state index contributed by atoms with van der Waals surface area (Å²) >= 11 is 0. The zero-order valence-electron chi connectivity index (χ0n) is 12.1. The van der Waals surface area contributed by atoms with Gasteiger partial charge in [0.25, 0.3) is 0 Å². The summed E-state index contributed by atoms with van der Waals surface area (Å²) in [6, 6.07) is 8.50. The molecule has 0 unspecified atom stereocenters. The summed E-state index contributed by atoms with van der Waals surface area (Å²) in [6.07, 6.45) is 0.563. The highest BCUT2D eigenvalue weighted by molar-refractivity contribution is 5.82. The zero-order valence-corrected chi connectivity index (χ0v) is 12.1. The Balaban J connectivity index is 1.92. The Morgan fingerprint density at radius 3 is 2.76 bits per heavy atom. The predicted molar refractivity (Wildman–Crippen MR) is 78.4 cm³/mol. The van der Waals surface area contributed by atoms with E-state index in [1.807, 2.05) is 12.1 Å². The fourth-order valence-corrected chi connectivity index (χ4v) is 1.78. The largest absolute Gasteiger partial charge is 0.492 e. The van der Waals surface area contributed by atoms with Crippen LogP contribution in [0.1, 0.15) is 20.3 Å². The van der Waals surface area contributed by atoms with Crippen molar-refractivity contribution in [1.29, 1.82) is 0 Å². The maximum atomic E-state index is 11.4. The number of hydrogen-bond acceptors (Lipinski definition) is 5. The first kappa shape index (κ1) is 15.1. The monoisotopic (exact) mass is 290 g/mol. The minimum Gasteiger partial charge on any atom is -0.492 e. The minimum absolute atomic E-state index is 0.131. The van der Waals surface area contributed by atoms with Crippen LogP contribution in [0.2, 0.25) is 0 Å². The average Bonchev–Trinajstić information content (AvgIpc) is 2.46. The Labute approximate surface area is 122 Å². The van der Waals surface area contributed by atoms with Crippen LogP contribution in [-0.2, 0) is 9.53 Å². The van der Waals surface area contributed by atoms with Crippen LogP contribution in [-0.4, -0.2) is 19.2 Å². The summed E-state index contributed by atoms with van der Waals surface area (Å²) in [6.45, 7) is 4.23. The molecule has 0 saturated heterocycles. The Morgan fingerprint density at radius 1 is 1.24 bits per heavy atom. The number of hydrogen-bond donors (Lipinski definition) is 0. The molecule has 0 aliphatic carbocycles. The third-order valence-corrected chi connectivity index (χ3v) is 2.87. The SMILES string of the molecule is CC(C)C(=O)OCCCOc1cc(=O)oc2ccccc12. The van der Waals surface area contributed by atoms with Crippen molar-refractivity contribution in [3.05, 3.63) is 40.8 Å². The summed E-state index contributed by atoms with van der Waals surface area (Å²) in [5.41, 5.74) is 0.0428. The van der Waals surface area contributed by atoms with Gasteiger partial charge < -0.3 is 13.9 Å². The number of carbonyl (C=O) groups is 1. The standard InChI is InChI=1S/C16H18O5/c1-11(2)16(18)20-9-5-8-19-14-10-15(17)21-13-7-4-3-6-12(13)14/h3-4,6-7,10-11H,5,8-9H2,1-2H3. The molecule has 1 aromatic heterocycles. The molecule has 0 bridgehead atoms. The van der Waals surface area contributed by atoms with Gasteiger partial charge in [-0.05, 0) is 12.1 Å². The van der Waals surface area contributed by atoms with Crippen molar-refractivity contribution < 1.29 is 18.7 Å². The van der Waals surface area contributed by atoms with Gasteiger partial charge in [-0.3, -0.25) is 4.79 Å². The van der Waals surface area contributed by atoms with Gasteiger partial charge in [0.1, 0.15) is 11.3 Å². The molecule has 0 amide bonds. The fraction of sp³-hybridized carbons (Fsp3) is 0.375. The molecule has 0 aliphatic rings. The quantitative estimate of drug-likeness (QED) is 0.465. The van der Waals surface area contributed by atoms with Gasteiger partial charge in [0, 0.05) is 6.42 Å². The van der Waals surface area contributed by atoms with E-state index < -0.39 is 5.63 Å². The lowest BCUT2D eigenvalue weighted by Crippen LogP contribution is -2.14. The summed E-state index contributed by atoms with van der Waals surface area (Å²) in [7, 11) is 0. The highest BCUT2D eigenvalue weighted by atomic mass is 16.5. The first-order valence-electron chi connectivity index (χ1n) is 6.90. The minimum atomic E-state index is -0.449. The number of benzene rings is 1. The molecule has 5 nitrogen and oxygen atoms in total. The van der Waals surface area contributed by atoms with Gasteiger partial charge in [0.05, 0.1) is 30.6 Å². The number of carbonyl (C=O) groups excluding carboxylic acids is 1. The average molecular weight is 290 g/mol. The van der Waals surface area contributed by atoms with Crippen LogP contribution in [0.5, 0.6) is 5.75 Å². The molecule has 0 atom stereocenters.